The van der Waals surface area contributed by atoms with Crippen LogP contribution >= 0.6 is 0 Å². The summed E-state index contributed by atoms with van der Waals surface area (Å²) < 4.78 is 5.51. The molecule has 0 bridgehead atoms. The van der Waals surface area contributed by atoms with Crippen molar-refractivity contribution in [2.45, 2.75) is 51.9 Å². The molecule has 1 aromatic carbocycles. The van der Waals surface area contributed by atoms with Crippen molar-refractivity contribution in [3.63, 3.8) is 0 Å². The molecule has 0 radical (unpaired) electrons. The molecule has 18 heavy (non-hydrogen) atoms. The fourth-order valence-electron chi connectivity index (χ4n) is 3.02. The maximum absolute atomic E-state index is 5.51. The van der Waals surface area contributed by atoms with E-state index in [-0.39, 0.29) is 0 Å². The molecule has 3 rings (SSSR count). The van der Waals surface area contributed by atoms with E-state index in [1.165, 1.54) is 42.4 Å². The third kappa shape index (κ3) is 2.32. The second-order valence-electron chi connectivity index (χ2n) is 5.64. The lowest BCUT2D eigenvalue weighted by Crippen LogP contribution is -2.32. The van der Waals surface area contributed by atoms with Crippen LogP contribution in [0.25, 0.3) is 0 Å². The molecule has 1 atom stereocenters. The quantitative estimate of drug-likeness (QED) is 0.856. The molecule has 2 heteroatoms. The van der Waals surface area contributed by atoms with Crippen LogP contribution in [0.15, 0.2) is 18.2 Å². The summed E-state index contributed by atoms with van der Waals surface area (Å²) in [5, 5.41) is 3.74. The summed E-state index contributed by atoms with van der Waals surface area (Å²) in [6.45, 7) is 4.95. The Morgan fingerprint density at radius 1 is 1.28 bits per heavy atom. The Labute approximate surface area is 110 Å². The average Bonchev–Trinajstić information content (AvgIpc) is 2.78. The summed E-state index contributed by atoms with van der Waals surface area (Å²) in [7, 11) is 0. The minimum atomic E-state index is 0.560. The lowest BCUT2D eigenvalue weighted by molar-refractivity contribution is 0.134. The van der Waals surface area contributed by atoms with Gasteiger partial charge in [-0.05, 0) is 48.4 Å². The summed E-state index contributed by atoms with van der Waals surface area (Å²) in [5.74, 6) is 0.844. The number of hydrogen-bond donors (Lipinski definition) is 1. The van der Waals surface area contributed by atoms with Gasteiger partial charge in [0.15, 0.2) is 0 Å². The van der Waals surface area contributed by atoms with Gasteiger partial charge in [0.2, 0.25) is 0 Å². The molecule has 1 saturated carbocycles. The third-order valence-corrected chi connectivity index (χ3v) is 4.34. The fourth-order valence-corrected chi connectivity index (χ4v) is 3.02. The Kier molecular flexibility index (Phi) is 3.67. The third-order valence-electron chi connectivity index (χ3n) is 4.34. The number of fused-ring (bicyclic) bond motifs is 1. The molecule has 0 amide bonds. The van der Waals surface area contributed by atoms with Gasteiger partial charge < -0.3 is 10.1 Å². The van der Waals surface area contributed by atoms with Crippen molar-refractivity contribution in [1.29, 1.82) is 0 Å². The maximum Gasteiger partial charge on any atom is 0.0725 e. The molecule has 98 valence electrons. The van der Waals surface area contributed by atoms with Crippen molar-refractivity contribution in [1.82, 2.24) is 5.32 Å². The Bertz CT molecular complexity index is 412. The first-order valence-electron chi connectivity index (χ1n) is 7.31. The predicted molar refractivity (Wildman–Crippen MR) is 73.3 cm³/mol. The molecule has 1 fully saturated rings. The predicted octanol–water partition coefficient (Wildman–Crippen LogP) is 3.56. The molecule has 1 unspecified atom stereocenters. The fraction of sp³-hybridized carbons (Fsp3) is 0.625. The van der Waals surface area contributed by atoms with E-state index in [4.69, 9.17) is 4.74 Å². The summed E-state index contributed by atoms with van der Waals surface area (Å²) in [6, 6.07) is 7.49. The second-order valence-corrected chi connectivity index (χ2v) is 5.64. The SMILES string of the molecule is CCCNC(c1ccc2c(c1)COC2)C1CCC1. The smallest absolute Gasteiger partial charge is 0.0725 e. The summed E-state index contributed by atoms with van der Waals surface area (Å²) >= 11 is 0. The van der Waals surface area contributed by atoms with Gasteiger partial charge in [-0.2, -0.15) is 0 Å². The Balaban J connectivity index is 1.80. The molecule has 1 heterocycles. The molecule has 2 nitrogen and oxygen atoms in total. The summed E-state index contributed by atoms with van der Waals surface area (Å²) in [5.41, 5.74) is 4.24. The van der Waals surface area contributed by atoms with Gasteiger partial charge in [0, 0.05) is 6.04 Å². The molecule has 0 spiro atoms. The number of hydrogen-bond acceptors (Lipinski definition) is 2. The van der Waals surface area contributed by atoms with Crippen LogP contribution in [-0.2, 0) is 18.0 Å². The highest BCUT2D eigenvalue weighted by Gasteiger charge is 2.28. The molecular formula is C16H23NO. The van der Waals surface area contributed by atoms with Crippen molar-refractivity contribution in [2.75, 3.05) is 6.54 Å². The number of benzene rings is 1. The maximum atomic E-state index is 5.51. The first-order chi connectivity index (χ1) is 8.88. The topological polar surface area (TPSA) is 21.3 Å². The van der Waals surface area contributed by atoms with Crippen LogP contribution in [0.4, 0.5) is 0 Å². The lowest BCUT2D eigenvalue weighted by atomic mass is 9.77. The molecule has 1 aromatic rings. The van der Waals surface area contributed by atoms with Gasteiger partial charge in [0.1, 0.15) is 0 Å². The Morgan fingerprint density at radius 2 is 2.11 bits per heavy atom. The average molecular weight is 245 g/mol. The van der Waals surface area contributed by atoms with Crippen molar-refractivity contribution >= 4 is 0 Å². The minimum Gasteiger partial charge on any atom is -0.372 e. The van der Waals surface area contributed by atoms with E-state index in [1.807, 2.05) is 0 Å². The molecule has 0 aromatic heterocycles. The van der Waals surface area contributed by atoms with Gasteiger partial charge in [-0.1, -0.05) is 31.5 Å². The zero-order valence-electron chi connectivity index (χ0n) is 11.2. The van der Waals surface area contributed by atoms with Crippen molar-refractivity contribution in [3.05, 3.63) is 34.9 Å². The lowest BCUT2D eigenvalue weighted by Gasteiger charge is -2.35. The van der Waals surface area contributed by atoms with E-state index in [0.717, 1.165) is 25.7 Å². The van der Waals surface area contributed by atoms with Crippen LogP contribution < -0.4 is 5.32 Å². The molecular weight excluding hydrogens is 222 g/mol. The largest absolute Gasteiger partial charge is 0.372 e. The van der Waals surface area contributed by atoms with Crippen LogP contribution in [-0.4, -0.2) is 6.54 Å². The van der Waals surface area contributed by atoms with Crippen LogP contribution in [0, 0.1) is 5.92 Å². The van der Waals surface area contributed by atoms with Crippen LogP contribution in [0.3, 0.4) is 0 Å². The first-order valence-corrected chi connectivity index (χ1v) is 7.31. The first kappa shape index (κ1) is 12.2. The van der Waals surface area contributed by atoms with Crippen LogP contribution in [0.5, 0.6) is 0 Å². The van der Waals surface area contributed by atoms with Crippen LogP contribution in [0.1, 0.15) is 55.3 Å². The summed E-state index contributed by atoms with van der Waals surface area (Å²) in [6.07, 6.45) is 5.38. The Morgan fingerprint density at radius 3 is 2.83 bits per heavy atom. The van der Waals surface area contributed by atoms with E-state index >= 15 is 0 Å². The van der Waals surface area contributed by atoms with Gasteiger partial charge in [0.25, 0.3) is 0 Å². The number of rotatable bonds is 5. The van der Waals surface area contributed by atoms with Gasteiger partial charge in [-0.25, -0.2) is 0 Å². The molecule has 0 saturated heterocycles. The van der Waals surface area contributed by atoms with Gasteiger partial charge >= 0.3 is 0 Å². The zero-order valence-corrected chi connectivity index (χ0v) is 11.2. The minimum absolute atomic E-state index is 0.560. The molecule has 1 N–H and O–H groups in total. The zero-order chi connectivity index (χ0) is 12.4. The molecule has 1 aliphatic heterocycles. The van der Waals surface area contributed by atoms with E-state index in [0.29, 0.717) is 6.04 Å². The molecule has 2 aliphatic rings. The van der Waals surface area contributed by atoms with E-state index < -0.39 is 0 Å². The highest BCUT2D eigenvalue weighted by Crippen LogP contribution is 2.38. The summed E-state index contributed by atoms with van der Waals surface area (Å²) in [4.78, 5) is 0. The monoisotopic (exact) mass is 245 g/mol. The number of nitrogens with one attached hydrogen (secondary N) is 1. The van der Waals surface area contributed by atoms with Gasteiger partial charge in [0.05, 0.1) is 13.2 Å². The Hall–Kier alpha value is -0.860. The normalized spacial score (nSPS) is 20.5. The second kappa shape index (κ2) is 5.41. The highest BCUT2D eigenvalue weighted by molar-refractivity contribution is 5.35. The van der Waals surface area contributed by atoms with Crippen molar-refractivity contribution in [2.24, 2.45) is 5.92 Å². The van der Waals surface area contributed by atoms with E-state index in [9.17, 15) is 0 Å². The van der Waals surface area contributed by atoms with Gasteiger partial charge in [-0.15, -0.1) is 0 Å². The van der Waals surface area contributed by atoms with Crippen molar-refractivity contribution < 1.29 is 4.74 Å². The standard InChI is InChI=1S/C16H23NO/c1-2-8-17-16(12-4-3-5-12)13-6-7-14-10-18-11-15(14)9-13/h6-7,9,12,16-17H,2-5,8,10-11H2,1H3. The van der Waals surface area contributed by atoms with Crippen LogP contribution in [0.2, 0.25) is 0 Å². The van der Waals surface area contributed by atoms with E-state index in [2.05, 4.69) is 30.4 Å². The highest BCUT2D eigenvalue weighted by atomic mass is 16.5. The van der Waals surface area contributed by atoms with Gasteiger partial charge in [-0.3, -0.25) is 0 Å². The number of ether oxygens (including phenoxy) is 1. The van der Waals surface area contributed by atoms with Crippen molar-refractivity contribution in [3.8, 4) is 0 Å². The molecule has 1 aliphatic carbocycles. The van der Waals surface area contributed by atoms with E-state index in [1.54, 1.807) is 0 Å².